The van der Waals surface area contributed by atoms with Gasteiger partial charge in [-0.15, -0.1) is 0 Å². The molecule has 2 nitrogen and oxygen atoms in total. The largest absolute Gasteiger partial charge is 0.456 e. The third kappa shape index (κ3) is 2.74. The van der Waals surface area contributed by atoms with Gasteiger partial charge < -0.3 is 4.74 Å². The maximum Gasteiger partial charge on any atom is 0.145 e. The van der Waals surface area contributed by atoms with Crippen LogP contribution < -0.4 is 4.74 Å². The van der Waals surface area contributed by atoms with E-state index in [0.29, 0.717) is 16.5 Å². The van der Waals surface area contributed by atoms with Gasteiger partial charge in [0, 0.05) is 5.02 Å². The summed E-state index contributed by atoms with van der Waals surface area (Å²) in [4.78, 5) is 0. The molecule has 0 amide bonds. The monoisotopic (exact) mass is 247 g/mol. The predicted octanol–water partition coefficient (Wildman–Crippen LogP) is 4.14. The molecule has 0 fully saturated rings. The van der Waals surface area contributed by atoms with Crippen LogP contribution in [0.4, 0.5) is 4.39 Å². The molecule has 0 aliphatic heterocycles. The standard InChI is InChI=1S/C13H7ClFNO/c14-10-1-4-12(5-2-10)17-13-6-3-11(15)7-9(13)8-16/h1-7H. The van der Waals surface area contributed by atoms with Crippen LogP contribution in [0.1, 0.15) is 5.56 Å². The third-order valence-corrected chi connectivity index (χ3v) is 2.36. The van der Waals surface area contributed by atoms with Crippen LogP contribution in [0, 0.1) is 17.1 Å². The van der Waals surface area contributed by atoms with Gasteiger partial charge in [0.2, 0.25) is 0 Å². The van der Waals surface area contributed by atoms with Gasteiger partial charge in [-0.3, -0.25) is 0 Å². The molecular weight excluding hydrogens is 241 g/mol. The molecule has 0 saturated carbocycles. The van der Waals surface area contributed by atoms with Crippen molar-refractivity contribution in [1.29, 1.82) is 5.26 Å². The first-order valence-corrected chi connectivity index (χ1v) is 5.20. The molecule has 2 rings (SSSR count). The highest BCUT2D eigenvalue weighted by Crippen LogP contribution is 2.26. The number of ether oxygens (including phenoxy) is 1. The molecule has 0 aromatic heterocycles. The average Bonchev–Trinajstić information content (AvgIpc) is 2.34. The number of halogens is 2. The first-order valence-electron chi connectivity index (χ1n) is 4.82. The van der Waals surface area contributed by atoms with Crippen molar-refractivity contribution < 1.29 is 9.13 Å². The first-order chi connectivity index (χ1) is 8.19. The van der Waals surface area contributed by atoms with Crippen LogP contribution >= 0.6 is 11.6 Å². The van der Waals surface area contributed by atoms with E-state index in [2.05, 4.69) is 0 Å². The Labute approximate surface area is 103 Å². The number of hydrogen-bond acceptors (Lipinski definition) is 2. The maximum absolute atomic E-state index is 12.9. The Morgan fingerprint density at radius 2 is 1.82 bits per heavy atom. The van der Waals surface area contributed by atoms with E-state index in [1.165, 1.54) is 12.1 Å². The Hall–Kier alpha value is -2.05. The van der Waals surface area contributed by atoms with Crippen LogP contribution in [-0.2, 0) is 0 Å². The summed E-state index contributed by atoms with van der Waals surface area (Å²) in [5.74, 6) is 0.388. The third-order valence-electron chi connectivity index (χ3n) is 2.10. The highest BCUT2D eigenvalue weighted by Gasteiger charge is 2.05. The molecule has 0 N–H and O–H groups in total. The molecule has 0 unspecified atom stereocenters. The van der Waals surface area contributed by atoms with Gasteiger partial charge in [0.1, 0.15) is 23.4 Å². The van der Waals surface area contributed by atoms with E-state index < -0.39 is 5.82 Å². The van der Waals surface area contributed by atoms with Crippen molar-refractivity contribution in [3.05, 3.63) is 58.9 Å². The summed E-state index contributed by atoms with van der Waals surface area (Å²) in [6.07, 6.45) is 0. The van der Waals surface area contributed by atoms with Crippen LogP contribution in [0.3, 0.4) is 0 Å². The van der Waals surface area contributed by atoms with Crippen molar-refractivity contribution >= 4 is 11.6 Å². The fourth-order valence-corrected chi connectivity index (χ4v) is 1.43. The van der Waals surface area contributed by atoms with Gasteiger partial charge in [-0.25, -0.2) is 4.39 Å². The summed E-state index contributed by atoms with van der Waals surface area (Å²) < 4.78 is 18.4. The summed E-state index contributed by atoms with van der Waals surface area (Å²) in [7, 11) is 0. The number of hydrogen-bond donors (Lipinski definition) is 0. The van der Waals surface area contributed by atoms with Crippen LogP contribution in [0.5, 0.6) is 11.5 Å². The van der Waals surface area contributed by atoms with Crippen LogP contribution in [-0.4, -0.2) is 0 Å². The Balaban J connectivity index is 2.30. The predicted molar refractivity (Wildman–Crippen MR) is 62.6 cm³/mol. The Kier molecular flexibility index (Phi) is 3.27. The molecule has 0 heterocycles. The number of rotatable bonds is 2. The lowest BCUT2D eigenvalue weighted by molar-refractivity contribution is 0.479. The number of nitrogens with zero attached hydrogens (tertiary/aromatic N) is 1. The van der Waals surface area contributed by atoms with Crippen molar-refractivity contribution in [3.63, 3.8) is 0 Å². The van der Waals surface area contributed by atoms with Gasteiger partial charge in [0.15, 0.2) is 0 Å². The van der Waals surface area contributed by atoms with E-state index in [1.807, 2.05) is 6.07 Å². The highest BCUT2D eigenvalue weighted by atomic mass is 35.5. The van der Waals surface area contributed by atoms with Gasteiger partial charge in [0.25, 0.3) is 0 Å². The van der Waals surface area contributed by atoms with Gasteiger partial charge in [0.05, 0.1) is 5.56 Å². The molecule has 2 aromatic rings. The lowest BCUT2D eigenvalue weighted by atomic mass is 10.2. The molecular formula is C13H7ClFNO. The normalized spacial score (nSPS) is 9.71. The minimum atomic E-state index is -0.468. The molecule has 0 aliphatic carbocycles. The van der Waals surface area contributed by atoms with Crippen molar-refractivity contribution in [2.75, 3.05) is 0 Å². The molecule has 0 aliphatic rings. The van der Waals surface area contributed by atoms with Gasteiger partial charge in [-0.05, 0) is 42.5 Å². The number of benzene rings is 2. The Bertz CT molecular complexity index is 575. The molecule has 84 valence electrons. The second-order valence-electron chi connectivity index (χ2n) is 3.31. The summed E-state index contributed by atoms with van der Waals surface area (Å²) in [6.45, 7) is 0. The molecule has 17 heavy (non-hydrogen) atoms. The smallest absolute Gasteiger partial charge is 0.145 e. The first kappa shape index (κ1) is 11.4. The summed E-state index contributed by atoms with van der Waals surface area (Å²) in [5.41, 5.74) is 0.153. The van der Waals surface area contributed by atoms with Crippen molar-refractivity contribution in [3.8, 4) is 17.6 Å². The highest BCUT2D eigenvalue weighted by molar-refractivity contribution is 6.30. The van der Waals surface area contributed by atoms with E-state index in [-0.39, 0.29) is 5.56 Å². The molecule has 0 atom stereocenters. The SMILES string of the molecule is N#Cc1cc(F)ccc1Oc1ccc(Cl)cc1. The van der Waals surface area contributed by atoms with Crippen molar-refractivity contribution in [2.24, 2.45) is 0 Å². The lowest BCUT2D eigenvalue weighted by Crippen LogP contribution is -1.89. The van der Waals surface area contributed by atoms with Crippen molar-refractivity contribution in [1.82, 2.24) is 0 Å². The zero-order valence-corrected chi connectivity index (χ0v) is 9.41. The van der Waals surface area contributed by atoms with Crippen LogP contribution in [0.15, 0.2) is 42.5 Å². The summed E-state index contributed by atoms with van der Waals surface area (Å²) in [5, 5.41) is 9.44. The maximum atomic E-state index is 12.9. The topological polar surface area (TPSA) is 33.0 Å². The zero-order valence-electron chi connectivity index (χ0n) is 8.65. The second-order valence-corrected chi connectivity index (χ2v) is 3.74. The zero-order chi connectivity index (χ0) is 12.3. The minimum absolute atomic E-state index is 0.153. The summed E-state index contributed by atoms with van der Waals surface area (Å²) >= 11 is 5.74. The second kappa shape index (κ2) is 4.86. The molecule has 0 saturated heterocycles. The molecule has 4 heteroatoms. The quantitative estimate of drug-likeness (QED) is 0.799. The fourth-order valence-electron chi connectivity index (χ4n) is 1.31. The molecule has 0 spiro atoms. The molecule has 2 aromatic carbocycles. The van der Waals surface area contributed by atoms with Gasteiger partial charge >= 0.3 is 0 Å². The minimum Gasteiger partial charge on any atom is -0.456 e. The fraction of sp³-hybridized carbons (Fsp3) is 0. The van der Waals surface area contributed by atoms with Gasteiger partial charge in [-0.2, -0.15) is 5.26 Å². The average molecular weight is 248 g/mol. The van der Waals surface area contributed by atoms with Crippen LogP contribution in [0.25, 0.3) is 0 Å². The van der Waals surface area contributed by atoms with E-state index in [1.54, 1.807) is 24.3 Å². The molecule has 0 radical (unpaired) electrons. The van der Waals surface area contributed by atoms with E-state index in [9.17, 15) is 4.39 Å². The lowest BCUT2D eigenvalue weighted by Gasteiger charge is -2.07. The van der Waals surface area contributed by atoms with E-state index >= 15 is 0 Å². The van der Waals surface area contributed by atoms with E-state index in [4.69, 9.17) is 21.6 Å². The Morgan fingerprint density at radius 1 is 1.12 bits per heavy atom. The van der Waals surface area contributed by atoms with E-state index in [0.717, 1.165) is 6.07 Å². The van der Waals surface area contributed by atoms with Crippen LogP contribution in [0.2, 0.25) is 5.02 Å². The number of nitriles is 1. The van der Waals surface area contributed by atoms with Gasteiger partial charge in [-0.1, -0.05) is 11.6 Å². The Morgan fingerprint density at radius 3 is 2.47 bits per heavy atom. The summed E-state index contributed by atoms with van der Waals surface area (Å²) in [6, 6.07) is 12.4. The molecule has 0 bridgehead atoms. The van der Waals surface area contributed by atoms with Crippen molar-refractivity contribution in [2.45, 2.75) is 0 Å².